The Morgan fingerprint density at radius 1 is 1.18 bits per heavy atom. The third kappa shape index (κ3) is 4.00. The van der Waals surface area contributed by atoms with Crippen LogP contribution in [0.3, 0.4) is 0 Å². The molecule has 0 aliphatic heterocycles. The molecule has 0 saturated carbocycles. The van der Waals surface area contributed by atoms with Crippen LogP contribution in [0.25, 0.3) is 10.2 Å². The number of nitrogens with one attached hydrogen (secondary N) is 1. The summed E-state index contributed by atoms with van der Waals surface area (Å²) in [4.78, 5) is 16.4. The van der Waals surface area contributed by atoms with Crippen LogP contribution in [0.5, 0.6) is 0 Å². The van der Waals surface area contributed by atoms with E-state index < -0.39 is 0 Å². The lowest BCUT2D eigenvalue weighted by Crippen LogP contribution is -2.24. The maximum absolute atomic E-state index is 11.9. The Labute approximate surface area is 141 Å². The molecule has 6 heteroatoms. The van der Waals surface area contributed by atoms with Crippen LogP contribution < -0.4 is 5.32 Å². The standard InChI is InChI=1S/C16H13ClN2OS2/c17-12-7-5-11(6-8-12)9-18-15(20)10-21-16-19-13-3-1-2-4-14(13)22-16/h1-8H,9-10H2,(H,18,20). The Morgan fingerprint density at radius 3 is 2.73 bits per heavy atom. The van der Waals surface area contributed by atoms with Crippen molar-refractivity contribution in [1.82, 2.24) is 10.3 Å². The molecule has 3 rings (SSSR count). The number of carbonyl (C=O) groups excluding carboxylic acids is 1. The van der Waals surface area contributed by atoms with Crippen LogP contribution in [0.4, 0.5) is 0 Å². The van der Waals surface area contributed by atoms with Crippen LogP contribution in [-0.2, 0) is 11.3 Å². The third-order valence-electron chi connectivity index (χ3n) is 3.00. The van der Waals surface area contributed by atoms with Crippen molar-refractivity contribution in [1.29, 1.82) is 0 Å². The van der Waals surface area contributed by atoms with Gasteiger partial charge < -0.3 is 5.32 Å². The molecule has 0 fully saturated rings. The molecule has 1 amide bonds. The fourth-order valence-corrected chi connectivity index (χ4v) is 3.92. The van der Waals surface area contributed by atoms with Gasteiger partial charge >= 0.3 is 0 Å². The van der Waals surface area contributed by atoms with E-state index in [1.807, 2.05) is 48.5 Å². The summed E-state index contributed by atoms with van der Waals surface area (Å²) < 4.78 is 2.06. The molecule has 22 heavy (non-hydrogen) atoms. The third-order valence-corrected chi connectivity index (χ3v) is 5.44. The van der Waals surface area contributed by atoms with E-state index in [9.17, 15) is 4.79 Å². The summed E-state index contributed by atoms with van der Waals surface area (Å²) in [5.74, 6) is 0.368. The highest BCUT2D eigenvalue weighted by Gasteiger charge is 2.07. The van der Waals surface area contributed by atoms with Gasteiger partial charge in [0.05, 0.1) is 16.0 Å². The summed E-state index contributed by atoms with van der Waals surface area (Å²) in [6.07, 6.45) is 0. The van der Waals surface area contributed by atoms with Gasteiger partial charge in [0, 0.05) is 11.6 Å². The number of aromatic nitrogens is 1. The zero-order chi connectivity index (χ0) is 15.4. The van der Waals surface area contributed by atoms with Crippen LogP contribution in [0.15, 0.2) is 52.9 Å². The number of halogens is 1. The van der Waals surface area contributed by atoms with Crippen molar-refractivity contribution in [3.63, 3.8) is 0 Å². The van der Waals surface area contributed by atoms with Crippen molar-refractivity contribution in [3.8, 4) is 0 Å². The van der Waals surface area contributed by atoms with E-state index in [1.54, 1.807) is 11.3 Å². The Balaban J connectivity index is 1.50. The lowest BCUT2D eigenvalue weighted by atomic mass is 10.2. The van der Waals surface area contributed by atoms with Gasteiger partial charge in [-0.05, 0) is 29.8 Å². The van der Waals surface area contributed by atoms with Crippen molar-refractivity contribution in [3.05, 3.63) is 59.1 Å². The van der Waals surface area contributed by atoms with Crippen LogP contribution in [-0.4, -0.2) is 16.6 Å². The van der Waals surface area contributed by atoms with Crippen molar-refractivity contribution >= 4 is 50.8 Å². The highest BCUT2D eigenvalue weighted by Crippen LogP contribution is 2.29. The van der Waals surface area contributed by atoms with E-state index >= 15 is 0 Å². The topological polar surface area (TPSA) is 42.0 Å². The molecule has 2 aromatic carbocycles. The summed E-state index contributed by atoms with van der Waals surface area (Å²) in [5, 5.41) is 3.59. The Kier molecular flexibility index (Phi) is 4.97. The summed E-state index contributed by atoms with van der Waals surface area (Å²) >= 11 is 8.91. The van der Waals surface area contributed by atoms with Crippen molar-refractivity contribution in [2.24, 2.45) is 0 Å². The molecular formula is C16H13ClN2OS2. The number of benzene rings is 2. The molecule has 0 bridgehead atoms. The first kappa shape index (κ1) is 15.3. The normalized spacial score (nSPS) is 10.8. The van der Waals surface area contributed by atoms with Crippen molar-refractivity contribution in [2.45, 2.75) is 10.9 Å². The summed E-state index contributed by atoms with van der Waals surface area (Å²) in [7, 11) is 0. The quantitative estimate of drug-likeness (QED) is 0.697. The highest BCUT2D eigenvalue weighted by atomic mass is 35.5. The summed E-state index contributed by atoms with van der Waals surface area (Å²) in [6, 6.07) is 15.4. The van der Waals surface area contributed by atoms with Gasteiger partial charge in [0.1, 0.15) is 0 Å². The molecule has 1 N–H and O–H groups in total. The number of hydrogen-bond donors (Lipinski definition) is 1. The zero-order valence-electron chi connectivity index (χ0n) is 11.6. The molecule has 1 heterocycles. The first-order valence-electron chi connectivity index (χ1n) is 6.70. The summed E-state index contributed by atoms with van der Waals surface area (Å²) in [5.41, 5.74) is 2.01. The van der Waals surface area contributed by atoms with E-state index in [2.05, 4.69) is 10.3 Å². The highest BCUT2D eigenvalue weighted by molar-refractivity contribution is 8.01. The lowest BCUT2D eigenvalue weighted by molar-refractivity contribution is -0.118. The van der Waals surface area contributed by atoms with Gasteiger partial charge in [0.2, 0.25) is 5.91 Å². The second kappa shape index (κ2) is 7.13. The SMILES string of the molecule is O=C(CSc1nc2ccccc2s1)NCc1ccc(Cl)cc1. The zero-order valence-corrected chi connectivity index (χ0v) is 14.0. The van der Waals surface area contributed by atoms with E-state index in [-0.39, 0.29) is 5.91 Å². The number of thioether (sulfide) groups is 1. The van der Waals surface area contributed by atoms with Gasteiger partial charge in [-0.25, -0.2) is 4.98 Å². The van der Waals surface area contributed by atoms with Gasteiger partial charge in [0.15, 0.2) is 4.34 Å². The molecule has 0 spiro atoms. The van der Waals surface area contributed by atoms with E-state index in [1.165, 1.54) is 11.8 Å². The molecule has 1 aromatic heterocycles. The molecule has 3 aromatic rings. The Bertz CT molecular complexity index is 753. The smallest absolute Gasteiger partial charge is 0.230 e. The fraction of sp³-hybridized carbons (Fsp3) is 0.125. The molecule has 0 aliphatic rings. The minimum absolute atomic E-state index is 0.000735. The van der Waals surface area contributed by atoms with E-state index in [0.717, 1.165) is 20.1 Å². The van der Waals surface area contributed by atoms with Gasteiger partial charge in [0.25, 0.3) is 0 Å². The van der Waals surface area contributed by atoms with Crippen molar-refractivity contribution in [2.75, 3.05) is 5.75 Å². The molecule has 0 aliphatic carbocycles. The van der Waals surface area contributed by atoms with Gasteiger partial charge in [-0.15, -0.1) is 11.3 Å². The monoisotopic (exact) mass is 348 g/mol. The van der Waals surface area contributed by atoms with Crippen LogP contribution in [0.1, 0.15) is 5.56 Å². The minimum atomic E-state index is -0.000735. The largest absolute Gasteiger partial charge is 0.351 e. The lowest BCUT2D eigenvalue weighted by Gasteiger charge is -2.04. The molecule has 112 valence electrons. The van der Waals surface area contributed by atoms with Crippen LogP contribution in [0.2, 0.25) is 5.02 Å². The second-order valence-corrected chi connectivity index (χ2v) is 7.33. The number of fused-ring (bicyclic) bond motifs is 1. The van der Waals surface area contributed by atoms with Crippen molar-refractivity contribution < 1.29 is 4.79 Å². The first-order valence-corrected chi connectivity index (χ1v) is 8.88. The first-order chi connectivity index (χ1) is 10.7. The number of carbonyl (C=O) groups is 1. The van der Waals surface area contributed by atoms with Crippen LogP contribution in [0, 0.1) is 0 Å². The molecule has 0 radical (unpaired) electrons. The Hall–Kier alpha value is -1.56. The molecule has 3 nitrogen and oxygen atoms in total. The number of amides is 1. The summed E-state index contributed by atoms with van der Waals surface area (Å²) in [6.45, 7) is 0.510. The van der Waals surface area contributed by atoms with Gasteiger partial charge in [-0.3, -0.25) is 4.79 Å². The number of para-hydroxylation sites is 1. The number of rotatable bonds is 5. The fourth-order valence-electron chi connectivity index (χ4n) is 1.89. The molecule has 0 saturated heterocycles. The molecule has 0 unspecified atom stereocenters. The predicted molar refractivity (Wildman–Crippen MR) is 93.6 cm³/mol. The maximum Gasteiger partial charge on any atom is 0.230 e. The van der Waals surface area contributed by atoms with E-state index in [4.69, 9.17) is 11.6 Å². The molecule has 0 atom stereocenters. The van der Waals surface area contributed by atoms with Gasteiger partial charge in [-0.2, -0.15) is 0 Å². The van der Waals surface area contributed by atoms with Crippen LogP contribution >= 0.6 is 34.7 Å². The van der Waals surface area contributed by atoms with Gasteiger partial charge in [-0.1, -0.05) is 47.6 Å². The second-order valence-electron chi connectivity index (χ2n) is 4.64. The molecular weight excluding hydrogens is 336 g/mol. The average molecular weight is 349 g/mol. The average Bonchev–Trinajstić information content (AvgIpc) is 2.95. The number of hydrogen-bond acceptors (Lipinski definition) is 4. The van der Waals surface area contributed by atoms with E-state index in [0.29, 0.717) is 17.3 Å². The predicted octanol–water partition coefficient (Wildman–Crippen LogP) is 4.36. The number of thiazole rings is 1. The maximum atomic E-state index is 11.9. The number of nitrogens with zero attached hydrogens (tertiary/aromatic N) is 1. The Morgan fingerprint density at radius 2 is 1.95 bits per heavy atom. The minimum Gasteiger partial charge on any atom is -0.351 e.